The van der Waals surface area contributed by atoms with E-state index in [4.69, 9.17) is 4.74 Å². The van der Waals surface area contributed by atoms with E-state index in [2.05, 4.69) is 43.3 Å². The molecule has 37 heavy (non-hydrogen) atoms. The van der Waals surface area contributed by atoms with Crippen molar-refractivity contribution in [3.05, 3.63) is 72.3 Å². The van der Waals surface area contributed by atoms with Crippen molar-refractivity contribution >= 4 is 33.1 Å². The molecular weight excluding hydrogens is 485 g/mol. The minimum atomic E-state index is -0.224. The zero-order valence-corrected chi connectivity index (χ0v) is 20.8. The first-order chi connectivity index (χ1) is 18.2. The van der Waals surface area contributed by atoms with E-state index in [1.807, 2.05) is 24.4 Å². The molecule has 2 N–H and O–H groups in total. The molecule has 1 saturated carbocycles. The largest absolute Gasteiger partial charge is 0.489 e. The lowest BCUT2D eigenvalue weighted by Gasteiger charge is -2.23. The van der Waals surface area contributed by atoms with Gasteiger partial charge >= 0.3 is 0 Å². The molecule has 5 heterocycles. The monoisotopic (exact) mass is 509 g/mol. The summed E-state index contributed by atoms with van der Waals surface area (Å²) in [4.78, 5) is 13.3. The maximum atomic E-state index is 13.7. The second kappa shape index (κ2) is 9.12. The van der Waals surface area contributed by atoms with Crippen molar-refractivity contribution in [3.63, 3.8) is 0 Å². The highest BCUT2D eigenvalue weighted by atomic mass is 32.1. The molecule has 184 valence electrons. The first-order valence-electron chi connectivity index (χ1n) is 12.6. The van der Waals surface area contributed by atoms with Gasteiger partial charge in [-0.2, -0.15) is 9.49 Å². The van der Waals surface area contributed by atoms with Gasteiger partial charge in [-0.05, 0) is 73.7 Å². The van der Waals surface area contributed by atoms with E-state index in [1.54, 1.807) is 18.5 Å². The lowest BCUT2D eigenvalue weighted by Crippen LogP contribution is -2.19. The molecule has 0 saturated heterocycles. The van der Waals surface area contributed by atoms with Gasteiger partial charge < -0.3 is 9.72 Å². The Morgan fingerprint density at radius 3 is 2.62 bits per heavy atom. The Labute approximate surface area is 216 Å². The lowest BCUT2D eigenvalue weighted by atomic mass is 9.98. The summed E-state index contributed by atoms with van der Waals surface area (Å²) in [6.07, 6.45) is 11.7. The van der Waals surface area contributed by atoms with Gasteiger partial charge in [-0.1, -0.05) is 12.5 Å². The Bertz CT molecular complexity index is 1730. The summed E-state index contributed by atoms with van der Waals surface area (Å²) in [6.45, 7) is 0. The Balaban J connectivity index is 1.26. The Kier molecular flexibility index (Phi) is 5.47. The number of aromatic amines is 2. The van der Waals surface area contributed by atoms with E-state index in [9.17, 15) is 4.39 Å². The predicted molar refractivity (Wildman–Crippen MR) is 145 cm³/mol. The van der Waals surface area contributed by atoms with Crippen LogP contribution < -0.4 is 4.74 Å². The third kappa shape index (κ3) is 4.17. The van der Waals surface area contributed by atoms with Gasteiger partial charge in [0.15, 0.2) is 5.13 Å². The molecule has 1 aliphatic carbocycles. The fourth-order valence-electron chi connectivity index (χ4n) is 5.23. The average Bonchev–Trinajstić information content (AvgIpc) is 3.66. The van der Waals surface area contributed by atoms with E-state index in [-0.39, 0.29) is 11.2 Å². The number of H-pyrrole nitrogens is 2. The number of benzene rings is 1. The standard InChI is InChI=1S/C29H24FN5OS/c30-27-9-8-26(37-27)29-22-14-25(33-23(22)10-11-32-29)28-21-13-17(6-7-24(21)34-35-28)18-12-20(16-31-15-18)36-19-4-2-1-3-5-19/h6-16,19,33H,1-5H2,(H,34,35). The number of nitrogens with one attached hydrogen (secondary N) is 2. The molecule has 8 heteroatoms. The van der Waals surface area contributed by atoms with E-state index in [1.165, 1.54) is 25.3 Å². The van der Waals surface area contributed by atoms with Gasteiger partial charge in [0.05, 0.1) is 34.1 Å². The maximum Gasteiger partial charge on any atom is 0.177 e. The zero-order valence-electron chi connectivity index (χ0n) is 20.0. The summed E-state index contributed by atoms with van der Waals surface area (Å²) in [6, 6.07) is 15.5. The van der Waals surface area contributed by atoms with Crippen LogP contribution in [-0.4, -0.2) is 31.3 Å². The normalized spacial score (nSPS) is 14.5. The van der Waals surface area contributed by atoms with Crippen LogP contribution in [0.3, 0.4) is 0 Å². The van der Waals surface area contributed by atoms with Gasteiger partial charge in [0.1, 0.15) is 11.4 Å². The number of hydrogen-bond donors (Lipinski definition) is 2. The number of halogens is 1. The van der Waals surface area contributed by atoms with Crippen molar-refractivity contribution in [1.82, 2.24) is 25.1 Å². The molecule has 0 bridgehead atoms. The van der Waals surface area contributed by atoms with Crippen molar-refractivity contribution in [2.24, 2.45) is 0 Å². The smallest absolute Gasteiger partial charge is 0.177 e. The van der Waals surface area contributed by atoms with Gasteiger partial charge in [-0.15, -0.1) is 11.3 Å². The maximum absolute atomic E-state index is 13.7. The number of ether oxygens (including phenoxy) is 1. The summed E-state index contributed by atoms with van der Waals surface area (Å²) in [5.41, 5.74) is 6.37. The average molecular weight is 510 g/mol. The fourth-order valence-corrected chi connectivity index (χ4v) is 5.98. The molecule has 0 radical (unpaired) electrons. The molecule has 1 aromatic carbocycles. The zero-order chi connectivity index (χ0) is 24.8. The highest BCUT2D eigenvalue weighted by Gasteiger charge is 2.17. The highest BCUT2D eigenvalue weighted by molar-refractivity contribution is 7.13. The van der Waals surface area contributed by atoms with Crippen LogP contribution in [0.5, 0.6) is 5.75 Å². The summed E-state index contributed by atoms with van der Waals surface area (Å²) >= 11 is 1.10. The molecule has 5 aromatic heterocycles. The SMILES string of the molecule is Fc1ccc(-c2nccc3[nH]c(-c4n[nH]c5ccc(-c6cncc(OC7CCCCC7)c6)cc45)cc23)s1. The number of nitrogens with zero attached hydrogens (tertiary/aromatic N) is 3. The lowest BCUT2D eigenvalue weighted by molar-refractivity contribution is 0.154. The molecule has 0 spiro atoms. The highest BCUT2D eigenvalue weighted by Crippen LogP contribution is 2.36. The molecule has 1 aliphatic rings. The Morgan fingerprint density at radius 2 is 1.76 bits per heavy atom. The third-order valence-electron chi connectivity index (χ3n) is 7.07. The summed E-state index contributed by atoms with van der Waals surface area (Å²) in [5.74, 6) is 0.817. The summed E-state index contributed by atoms with van der Waals surface area (Å²) in [5, 5.41) is 9.48. The number of aromatic nitrogens is 5. The van der Waals surface area contributed by atoms with Crippen molar-refractivity contribution in [1.29, 1.82) is 0 Å². The van der Waals surface area contributed by atoms with Crippen molar-refractivity contribution in [3.8, 4) is 38.8 Å². The van der Waals surface area contributed by atoms with Crippen LogP contribution in [0.1, 0.15) is 32.1 Å². The fraction of sp³-hybridized carbons (Fsp3) is 0.207. The summed E-state index contributed by atoms with van der Waals surface area (Å²) in [7, 11) is 0. The predicted octanol–water partition coefficient (Wildman–Crippen LogP) is 7.75. The van der Waals surface area contributed by atoms with Crippen LogP contribution in [-0.2, 0) is 0 Å². The quantitative estimate of drug-likeness (QED) is 0.249. The van der Waals surface area contributed by atoms with Crippen molar-refractivity contribution < 1.29 is 9.13 Å². The molecule has 1 fully saturated rings. The minimum absolute atomic E-state index is 0.224. The second-order valence-electron chi connectivity index (χ2n) is 9.53. The molecular formula is C29H24FN5OS. The first kappa shape index (κ1) is 22.2. The van der Waals surface area contributed by atoms with Crippen LogP contribution >= 0.6 is 11.3 Å². The third-order valence-corrected chi connectivity index (χ3v) is 7.95. The van der Waals surface area contributed by atoms with E-state index >= 15 is 0 Å². The number of hydrogen-bond acceptors (Lipinski definition) is 5. The minimum Gasteiger partial charge on any atom is -0.489 e. The topological polar surface area (TPSA) is 79.5 Å². The van der Waals surface area contributed by atoms with Gasteiger partial charge in [-0.25, -0.2) is 0 Å². The molecule has 0 aliphatic heterocycles. The first-order valence-corrected chi connectivity index (χ1v) is 13.4. The molecule has 0 amide bonds. The molecule has 7 rings (SSSR count). The van der Waals surface area contributed by atoms with Crippen molar-refractivity contribution in [2.75, 3.05) is 0 Å². The number of pyridine rings is 2. The van der Waals surface area contributed by atoms with Gasteiger partial charge in [0.2, 0.25) is 0 Å². The van der Waals surface area contributed by atoms with Crippen LogP contribution in [0.2, 0.25) is 0 Å². The number of rotatable bonds is 5. The molecule has 6 aromatic rings. The van der Waals surface area contributed by atoms with E-state index < -0.39 is 0 Å². The second-order valence-corrected chi connectivity index (χ2v) is 10.6. The van der Waals surface area contributed by atoms with Crippen LogP contribution in [0, 0.1) is 5.13 Å². The molecule has 0 atom stereocenters. The van der Waals surface area contributed by atoms with Crippen LogP contribution in [0.15, 0.2) is 67.1 Å². The number of fused-ring (bicyclic) bond motifs is 2. The van der Waals surface area contributed by atoms with Gasteiger partial charge in [0.25, 0.3) is 0 Å². The Hall–Kier alpha value is -4.04. The number of thiophene rings is 1. The van der Waals surface area contributed by atoms with Crippen LogP contribution in [0.4, 0.5) is 4.39 Å². The van der Waals surface area contributed by atoms with Gasteiger partial charge in [-0.3, -0.25) is 15.1 Å². The van der Waals surface area contributed by atoms with E-state index in [0.717, 1.165) is 84.8 Å². The van der Waals surface area contributed by atoms with E-state index in [0.29, 0.717) is 0 Å². The molecule has 6 nitrogen and oxygen atoms in total. The Morgan fingerprint density at radius 1 is 0.865 bits per heavy atom. The van der Waals surface area contributed by atoms with Gasteiger partial charge in [0, 0.05) is 34.2 Å². The molecule has 0 unspecified atom stereocenters. The summed E-state index contributed by atoms with van der Waals surface area (Å²) < 4.78 is 19.9. The van der Waals surface area contributed by atoms with Crippen LogP contribution in [0.25, 0.3) is 54.9 Å². The van der Waals surface area contributed by atoms with Crippen molar-refractivity contribution in [2.45, 2.75) is 38.2 Å².